The maximum Gasteiger partial charge on any atom is 0.161 e. The Morgan fingerprint density at radius 2 is 2.33 bits per heavy atom. The fraction of sp³-hybridized carbons (Fsp3) is 0.455. The van der Waals surface area contributed by atoms with Crippen molar-refractivity contribution in [3.63, 3.8) is 0 Å². The lowest BCUT2D eigenvalue weighted by Gasteiger charge is -2.31. The summed E-state index contributed by atoms with van der Waals surface area (Å²) >= 11 is 12.1. The molecule has 1 unspecified atom stereocenters. The average molecular weight is 287 g/mol. The van der Waals surface area contributed by atoms with E-state index in [1.807, 2.05) is 4.90 Å². The van der Waals surface area contributed by atoms with Crippen molar-refractivity contribution in [1.29, 1.82) is 5.26 Å². The standard InChI is InChI=1S/C11H12Cl2N4O/c1-15-10-8(12)4-9(13)11(16-10)17-2-3-18-7(5-14)6-17/h4,7H,2-3,6H2,1H3,(H,15,16). The van der Waals surface area contributed by atoms with Gasteiger partial charge in [0.2, 0.25) is 0 Å². The van der Waals surface area contributed by atoms with Crippen molar-refractivity contribution in [1.82, 2.24) is 4.98 Å². The van der Waals surface area contributed by atoms with Crippen LogP contribution in [-0.4, -0.2) is 37.8 Å². The quantitative estimate of drug-likeness (QED) is 0.903. The number of pyridine rings is 1. The van der Waals surface area contributed by atoms with Crippen molar-refractivity contribution < 1.29 is 4.74 Å². The number of anilines is 2. The Bertz CT molecular complexity index is 489. The van der Waals surface area contributed by atoms with E-state index >= 15 is 0 Å². The minimum Gasteiger partial charge on any atom is -0.372 e. The zero-order chi connectivity index (χ0) is 13.1. The number of ether oxygens (including phenoxy) is 1. The van der Waals surface area contributed by atoms with E-state index in [2.05, 4.69) is 16.4 Å². The highest BCUT2D eigenvalue weighted by molar-refractivity contribution is 6.37. The topological polar surface area (TPSA) is 61.2 Å². The number of hydrogen-bond acceptors (Lipinski definition) is 5. The van der Waals surface area contributed by atoms with E-state index in [1.165, 1.54) is 0 Å². The van der Waals surface area contributed by atoms with Crippen molar-refractivity contribution in [2.75, 3.05) is 37.0 Å². The van der Waals surface area contributed by atoms with Crippen molar-refractivity contribution in [2.45, 2.75) is 6.10 Å². The molecule has 7 heteroatoms. The summed E-state index contributed by atoms with van der Waals surface area (Å²) in [5.74, 6) is 1.19. The lowest BCUT2D eigenvalue weighted by molar-refractivity contribution is 0.0762. The van der Waals surface area contributed by atoms with Crippen molar-refractivity contribution >= 4 is 34.8 Å². The number of nitrogens with zero attached hydrogens (tertiary/aromatic N) is 3. The molecule has 1 saturated heterocycles. The summed E-state index contributed by atoms with van der Waals surface area (Å²) < 4.78 is 5.28. The second kappa shape index (κ2) is 5.61. The Hall–Kier alpha value is -1.22. The van der Waals surface area contributed by atoms with Gasteiger partial charge in [0.1, 0.15) is 11.6 Å². The van der Waals surface area contributed by atoms with Crippen LogP contribution in [0.15, 0.2) is 6.07 Å². The van der Waals surface area contributed by atoms with Crippen LogP contribution in [0.4, 0.5) is 11.6 Å². The first-order chi connectivity index (χ1) is 8.65. The first-order valence-corrected chi connectivity index (χ1v) is 6.21. The number of aromatic nitrogens is 1. The Labute approximate surface area is 115 Å². The van der Waals surface area contributed by atoms with Gasteiger partial charge >= 0.3 is 0 Å². The van der Waals surface area contributed by atoms with Crippen LogP contribution in [0.2, 0.25) is 10.0 Å². The summed E-state index contributed by atoms with van der Waals surface area (Å²) in [5, 5.41) is 12.7. The summed E-state index contributed by atoms with van der Waals surface area (Å²) in [4.78, 5) is 6.30. The van der Waals surface area contributed by atoms with Gasteiger partial charge in [-0.25, -0.2) is 4.98 Å². The van der Waals surface area contributed by atoms with Crippen molar-refractivity contribution in [3.05, 3.63) is 16.1 Å². The van der Waals surface area contributed by atoms with Gasteiger partial charge in [-0.15, -0.1) is 0 Å². The van der Waals surface area contributed by atoms with Gasteiger partial charge in [0, 0.05) is 13.6 Å². The van der Waals surface area contributed by atoms with Gasteiger partial charge in [-0.2, -0.15) is 5.26 Å². The predicted molar refractivity (Wildman–Crippen MR) is 71.4 cm³/mol. The Kier molecular flexibility index (Phi) is 4.12. The molecule has 18 heavy (non-hydrogen) atoms. The molecule has 1 aromatic heterocycles. The van der Waals surface area contributed by atoms with Gasteiger partial charge in [-0.1, -0.05) is 23.2 Å². The van der Waals surface area contributed by atoms with Crippen LogP contribution in [-0.2, 0) is 4.74 Å². The third kappa shape index (κ3) is 2.61. The minimum absolute atomic E-state index is 0.452. The summed E-state index contributed by atoms with van der Waals surface area (Å²) in [5.41, 5.74) is 0. The number of nitriles is 1. The van der Waals surface area contributed by atoms with E-state index in [0.717, 1.165) is 0 Å². The lowest BCUT2D eigenvalue weighted by Crippen LogP contribution is -2.42. The van der Waals surface area contributed by atoms with Crippen LogP contribution in [0.3, 0.4) is 0 Å². The average Bonchev–Trinajstić information content (AvgIpc) is 2.39. The summed E-state index contributed by atoms with van der Waals surface area (Å²) in [6, 6.07) is 3.73. The highest BCUT2D eigenvalue weighted by Crippen LogP contribution is 2.31. The molecule has 1 fully saturated rings. The molecular formula is C11H12Cl2N4O. The van der Waals surface area contributed by atoms with Crippen molar-refractivity contribution in [3.8, 4) is 6.07 Å². The third-order valence-corrected chi connectivity index (χ3v) is 3.22. The first kappa shape index (κ1) is 13.2. The second-order valence-electron chi connectivity index (χ2n) is 3.81. The molecule has 1 N–H and O–H groups in total. The number of hydrogen-bond donors (Lipinski definition) is 1. The number of morpholine rings is 1. The maximum absolute atomic E-state index is 8.88. The SMILES string of the molecule is CNc1nc(N2CCOC(C#N)C2)c(Cl)cc1Cl. The first-order valence-electron chi connectivity index (χ1n) is 5.45. The molecule has 0 saturated carbocycles. The molecule has 1 aliphatic rings. The monoisotopic (exact) mass is 286 g/mol. The molecule has 0 amide bonds. The molecule has 1 atom stereocenters. The molecule has 5 nitrogen and oxygen atoms in total. The minimum atomic E-state index is -0.453. The molecule has 0 spiro atoms. The molecular weight excluding hydrogens is 275 g/mol. The van der Waals surface area contributed by atoms with Crippen LogP contribution in [0, 0.1) is 11.3 Å². The summed E-state index contributed by atoms with van der Waals surface area (Å²) in [6.07, 6.45) is -0.453. The largest absolute Gasteiger partial charge is 0.372 e. The van der Waals surface area contributed by atoms with E-state index in [1.54, 1.807) is 13.1 Å². The zero-order valence-corrected chi connectivity index (χ0v) is 11.3. The van der Waals surface area contributed by atoms with Crippen LogP contribution in [0.5, 0.6) is 0 Å². The van der Waals surface area contributed by atoms with Crippen LogP contribution in [0.1, 0.15) is 0 Å². The molecule has 1 aliphatic heterocycles. The number of rotatable bonds is 2. The van der Waals surface area contributed by atoms with E-state index in [0.29, 0.717) is 41.4 Å². The normalized spacial score (nSPS) is 19.4. The fourth-order valence-electron chi connectivity index (χ4n) is 1.77. The van der Waals surface area contributed by atoms with E-state index in [-0.39, 0.29) is 0 Å². The molecule has 2 heterocycles. The Morgan fingerprint density at radius 3 is 3.00 bits per heavy atom. The molecule has 0 aromatic carbocycles. The summed E-state index contributed by atoms with van der Waals surface area (Å²) in [7, 11) is 1.74. The summed E-state index contributed by atoms with van der Waals surface area (Å²) in [6.45, 7) is 1.58. The van der Waals surface area contributed by atoms with Crippen LogP contribution < -0.4 is 10.2 Å². The van der Waals surface area contributed by atoms with Gasteiger partial charge in [0.05, 0.1) is 29.3 Å². The van der Waals surface area contributed by atoms with E-state index in [4.69, 9.17) is 33.2 Å². The predicted octanol–water partition coefficient (Wildman–Crippen LogP) is 2.16. The molecule has 96 valence electrons. The van der Waals surface area contributed by atoms with Gasteiger partial charge < -0.3 is 15.0 Å². The van der Waals surface area contributed by atoms with Gasteiger partial charge in [-0.05, 0) is 6.07 Å². The molecule has 1 aromatic rings. The second-order valence-corrected chi connectivity index (χ2v) is 4.62. The smallest absolute Gasteiger partial charge is 0.161 e. The molecule has 0 aliphatic carbocycles. The molecule has 2 rings (SSSR count). The zero-order valence-electron chi connectivity index (χ0n) is 9.78. The Balaban J connectivity index is 2.30. The van der Waals surface area contributed by atoms with E-state index < -0.39 is 6.10 Å². The highest BCUT2D eigenvalue weighted by Gasteiger charge is 2.23. The number of nitrogens with one attached hydrogen (secondary N) is 1. The lowest BCUT2D eigenvalue weighted by atomic mass is 10.3. The van der Waals surface area contributed by atoms with Gasteiger partial charge in [0.15, 0.2) is 6.10 Å². The fourth-order valence-corrected chi connectivity index (χ4v) is 2.35. The molecule has 0 bridgehead atoms. The van der Waals surface area contributed by atoms with E-state index in [9.17, 15) is 0 Å². The van der Waals surface area contributed by atoms with Gasteiger partial charge in [-0.3, -0.25) is 0 Å². The maximum atomic E-state index is 8.88. The Morgan fingerprint density at radius 1 is 1.56 bits per heavy atom. The van der Waals surface area contributed by atoms with Crippen molar-refractivity contribution in [2.24, 2.45) is 0 Å². The number of halogens is 2. The van der Waals surface area contributed by atoms with Crippen LogP contribution in [0.25, 0.3) is 0 Å². The third-order valence-electron chi connectivity index (χ3n) is 2.66. The highest BCUT2D eigenvalue weighted by atomic mass is 35.5. The molecule has 0 radical (unpaired) electrons. The van der Waals surface area contributed by atoms with Crippen LogP contribution >= 0.6 is 23.2 Å². The van der Waals surface area contributed by atoms with Gasteiger partial charge in [0.25, 0.3) is 0 Å².